The van der Waals surface area contributed by atoms with Gasteiger partial charge in [0.15, 0.2) is 5.78 Å². The molecule has 0 fully saturated rings. The van der Waals surface area contributed by atoms with Crippen LogP contribution in [0.4, 0.5) is 0 Å². The first-order valence-corrected chi connectivity index (χ1v) is 6.41. The number of carbonyl (C=O) groups excluding carboxylic acids is 1. The number of nitrogens with two attached hydrogens (primary N) is 1. The van der Waals surface area contributed by atoms with Crippen molar-refractivity contribution in [3.05, 3.63) is 34.9 Å². The quantitative estimate of drug-likeness (QED) is 0.813. The van der Waals surface area contributed by atoms with Crippen LogP contribution in [0.2, 0.25) is 0 Å². The van der Waals surface area contributed by atoms with E-state index in [1.54, 1.807) is 0 Å². The van der Waals surface area contributed by atoms with Gasteiger partial charge in [-0.3, -0.25) is 4.79 Å². The molecule has 0 spiro atoms. The van der Waals surface area contributed by atoms with Crippen LogP contribution in [0.25, 0.3) is 0 Å². The molecule has 1 aromatic carbocycles. The third kappa shape index (κ3) is 2.42. The van der Waals surface area contributed by atoms with E-state index in [-0.39, 0.29) is 5.78 Å². The third-order valence-corrected chi connectivity index (χ3v) is 3.74. The summed E-state index contributed by atoms with van der Waals surface area (Å²) >= 11 is 0. The molecule has 0 aromatic heterocycles. The normalized spacial score (nSPS) is 15.5. The molecule has 2 heteroatoms. The molecule has 0 unspecified atom stereocenters. The number of hydrogen-bond donors (Lipinski definition) is 1. The summed E-state index contributed by atoms with van der Waals surface area (Å²) in [5.41, 5.74) is 8.80. The summed E-state index contributed by atoms with van der Waals surface area (Å²) in [7, 11) is 0. The highest BCUT2D eigenvalue weighted by atomic mass is 16.1. The Morgan fingerprint density at radius 3 is 2.53 bits per heavy atom. The lowest BCUT2D eigenvalue weighted by atomic mass is 9.82. The Morgan fingerprint density at radius 2 is 1.88 bits per heavy atom. The molecule has 17 heavy (non-hydrogen) atoms. The highest BCUT2D eigenvalue weighted by molar-refractivity contribution is 6.00. The van der Waals surface area contributed by atoms with Gasteiger partial charge in [0, 0.05) is 17.5 Å². The van der Waals surface area contributed by atoms with E-state index in [0.29, 0.717) is 6.54 Å². The lowest BCUT2D eigenvalue weighted by Crippen LogP contribution is -2.32. The van der Waals surface area contributed by atoms with Gasteiger partial charge in [0.25, 0.3) is 0 Å². The van der Waals surface area contributed by atoms with E-state index < -0.39 is 5.41 Å². The minimum atomic E-state index is -0.455. The highest BCUT2D eigenvalue weighted by Crippen LogP contribution is 2.26. The number of benzene rings is 1. The van der Waals surface area contributed by atoms with Crippen molar-refractivity contribution in [2.75, 3.05) is 6.54 Å². The van der Waals surface area contributed by atoms with Gasteiger partial charge >= 0.3 is 0 Å². The summed E-state index contributed by atoms with van der Waals surface area (Å²) in [5.74, 6) is 0.161. The number of hydrogen-bond acceptors (Lipinski definition) is 2. The molecule has 92 valence electrons. The van der Waals surface area contributed by atoms with Gasteiger partial charge in [-0.2, -0.15) is 0 Å². The van der Waals surface area contributed by atoms with Crippen LogP contribution in [0.1, 0.15) is 48.2 Å². The topological polar surface area (TPSA) is 43.1 Å². The van der Waals surface area contributed by atoms with Gasteiger partial charge < -0.3 is 5.73 Å². The van der Waals surface area contributed by atoms with Crippen LogP contribution in [-0.4, -0.2) is 12.3 Å². The van der Waals surface area contributed by atoms with Gasteiger partial charge in [0.1, 0.15) is 0 Å². The van der Waals surface area contributed by atoms with Gasteiger partial charge in [-0.05, 0) is 42.9 Å². The van der Waals surface area contributed by atoms with Crippen molar-refractivity contribution in [2.45, 2.75) is 39.5 Å². The van der Waals surface area contributed by atoms with Gasteiger partial charge in [-0.1, -0.05) is 26.0 Å². The monoisotopic (exact) mass is 231 g/mol. The van der Waals surface area contributed by atoms with Gasteiger partial charge in [-0.15, -0.1) is 0 Å². The van der Waals surface area contributed by atoms with Crippen molar-refractivity contribution in [2.24, 2.45) is 11.1 Å². The first-order chi connectivity index (χ1) is 8.04. The molecular formula is C15H21NO. The molecule has 1 aliphatic rings. The van der Waals surface area contributed by atoms with Crippen molar-refractivity contribution in [1.29, 1.82) is 0 Å². The molecule has 0 bridgehead atoms. The van der Waals surface area contributed by atoms with Crippen molar-refractivity contribution in [3.63, 3.8) is 0 Å². The first kappa shape index (κ1) is 12.3. The van der Waals surface area contributed by atoms with E-state index >= 15 is 0 Å². The molecular weight excluding hydrogens is 210 g/mol. The van der Waals surface area contributed by atoms with Crippen molar-refractivity contribution >= 4 is 5.78 Å². The Morgan fingerprint density at radius 1 is 1.24 bits per heavy atom. The molecule has 0 amide bonds. The van der Waals surface area contributed by atoms with Crippen molar-refractivity contribution in [1.82, 2.24) is 0 Å². The summed E-state index contributed by atoms with van der Waals surface area (Å²) < 4.78 is 0. The van der Waals surface area contributed by atoms with E-state index in [9.17, 15) is 4.79 Å². The number of Topliss-reactive ketones (excluding diaryl/α,β-unsaturated/α-hetero) is 1. The van der Waals surface area contributed by atoms with Crippen LogP contribution in [0.5, 0.6) is 0 Å². The van der Waals surface area contributed by atoms with Crippen LogP contribution in [0, 0.1) is 5.41 Å². The lowest BCUT2D eigenvalue weighted by Gasteiger charge is -2.22. The fourth-order valence-corrected chi connectivity index (χ4v) is 2.36. The summed E-state index contributed by atoms with van der Waals surface area (Å²) in [6, 6.07) is 6.16. The average Bonchev–Trinajstić information content (AvgIpc) is 2.37. The average molecular weight is 231 g/mol. The van der Waals surface area contributed by atoms with Crippen LogP contribution < -0.4 is 5.73 Å². The second kappa shape index (κ2) is 4.61. The van der Waals surface area contributed by atoms with E-state index in [2.05, 4.69) is 12.1 Å². The molecule has 0 saturated heterocycles. The molecule has 0 aliphatic heterocycles. The molecule has 0 saturated carbocycles. The van der Waals surface area contributed by atoms with Crippen LogP contribution >= 0.6 is 0 Å². The lowest BCUT2D eigenvalue weighted by molar-refractivity contribution is 0.0847. The number of carbonyl (C=O) groups is 1. The zero-order valence-electron chi connectivity index (χ0n) is 10.8. The zero-order chi connectivity index (χ0) is 12.5. The van der Waals surface area contributed by atoms with Crippen molar-refractivity contribution < 1.29 is 4.79 Å². The van der Waals surface area contributed by atoms with E-state index in [0.717, 1.165) is 18.4 Å². The fourth-order valence-electron chi connectivity index (χ4n) is 2.36. The fraction of sp³-hybridized carbons (Fsp3) is 0.533. The molecule has 1 aliphatic carbocycles. The minimum Gasteiger partial charge on any atom is -0.329 e. The third-order valence-electron chi connectivity index (χ3n) is 3.74. The van der Waals surface area contributed by atoms with Gasteiger partial charge in [0.2, 0.25) is 0 Å². The number of ketones is 1. The second-order valence-electron chi connectivity index (χ2n) is 5.61. The van der Waals surface area contributed by atoms with Crippen LogP contribution in [0.3, 0.4) is 0 Å². The summed E-state index contributed by atoms with van der Waals surface area (Å²) in [6.45, 7) is 4.21. The standard InChI is InChI=1S/C15H21NO/c1-15(2,10-16)14(17)13-8-7-11-5-3-4-6-12(11)9-13/h7-9H,3-6,10,16H2,1-2H3. The zero-order valence-corrected chi connectivity index (χ0v) is 10.8. The molecule has 0 heterocycles. The Balaban J connectivity index is 2.31. The SMILES string of the molecule is CC(C)(CN)C(=O)c1ccc2c(c1)CCCC2. The van der Waals surface area contributed by atoms with Gasteiger partial charge in [-0.25, -0.2) is 0 Å². The Labute approximate surface area is 103 Å². The molecule has 2 N–H and O–H groups in total. The smallest absolute Gasteiger partial charge is 0.169 e. The summed E-state index contributed by atoms with van der Waals surface area (Å²) in [5, 5.41) is 0. The maximum absolute atomic E-state index is 12.3. The number of aryl methyl sites for hydroxylation is 2. The summed E-state index contributed by atoms with van der Waals surface area (Å²) in [6.07, 6.45) is 4.78. The largest absolute Gasteiger partial charge is 0.329 e. The molecule has 1 aromatic rings. The van der Waals surface area contributed by atoms with Gasteiger partial charge in [0.05, 0.1) is 0 Å². The molecule has 0 atom stereocenters. The first-order valence-electron chi connectivity index (χ1n) is 6.41. The molecule has 2 nitrogen and oxygen atoms in total. The van der Waals surface area contributed by atoms with E-state index in [4.69, 9.17) is 5.73 Å². The Kier molecular flexibility index (Phi) is 3.34. The van der Waals surface area contributed by atoms with Crippen LogP contribution in [0.15, 0.2) is 18.2 Å². The highest BCUT2D eigenvalue weighted by Gasteiger charge is 2.27. The van der Waals surface area contributed by atoms with E-state index in [1.807, 2.05) is 19.9 Å². The predicted molar refractivity (Wildman–Crippen MR) is 70.2 cm³/mol. The Bertz CT molecular complexity index is 435. The maximum Gasteiger partial charge on any atom is 0.169 e. The number of fused-ring (bicyclic) bond motifs is 1. The maximum atomic E-state index is 12.3. The van der Waals surface area contributed by atoms with E-state index in [1.165, 1.54) is 24.0 Å². The molecule has 2 rings (SSSR count). The summed E-state index contributed by atoms with van der Waals surface area (Å²) in [4.78, 5) is 12.3. The second-order valence-corrected chi connectivity index (χ2v) is 5.61. The van der Waals surface area contributed by atoms with Crippen LogP contribution in [-0.2, 0) is 12.8 Å². The molecule has 0 radical (unpaired) electrons. The predicted octanol–water partition coefficient (Wildman–Crippen LogP) is 2.73. The number of rotatable bonds is 3. The minimum absolute atomic E-state index is 0.161. The Hall–Kier alpha value is -1.15. The van der Waals surface area contributed by atoms with Crippen molar-refractivity contribution in [3.8, 4) is 0 Å².